The third-order valence-electron chi connectivity index (χ3n) is 3.24. The van der Waals surface area contributed by atoms with Gasteiger partial charge in [0.1, 0.15) is 11.9 Å². The van der Waals surface area contributed by atoms with Crippen LogP contribution in [0.4, 0.5) is 13.2 Å². The van der Waals surface area contributed by atoms with E-state index >= 15 is 0 Å². The predicted octanol–water partition coefficient (Wildman–Crippen LogP) is 5.11. The van der Waals surface area contributed by atoms with E-state index in [1.165, 1.54) is 6.07 Å². The summed E-state index contributed by atoms with van der Waals surface area (Å²) in [5.74, 6) is 0.0991. The van der Waals surface area contributed by atoms with Crippen LogP contribution in [0, 0.1) is 11.3 Å². The summed E-state index contributed by atoms with van der Waals surface area (Å²) in [6.45, 7) is 1.89. The van der Waals surface area contributed by atoms with Gasteiger partial charge in [0.05, 0.1) is 17.2 Å². The molecule has 0 aliphatic carbocycles. The summed E-state index contributed by atoms with van der Waals surface area (Å²) in [4.78, 5) is 0. The summed E-state index contributed by atoms with van der Waals surface area (Å²) >= 11 is 0. The van der Waals surface area contributed by atoms with Crippen LogP contribution in [0.5, 0.6) is 5.75 Å². The summed E-state index contributed by atoms with van der Waals surface area (Å²) in [5, 5.41) is 8.79. The lowest BCUT2D eigenvalue weighted by Gasteiger charge is -2.19. The number of nitriles is 1. The van der Waals surface area contributed by atoms with Crippen LogP contribution in [-0.2, 0) is 6.18 Å². The minimum Gasteiger partial charge on any atom is -0.486 e. The van der Waals surface area contributed by atoms with E-state index in [0.29, 0.717) is 6.42 Å². The van der Waals surface area contributed by atoms with E-state index in [9.17, 15) is 13.2 Å². The third kappa shape index (κ3) is 3.59. The van der Waals surface area contributed by atoms with Crippen molar-refractivity contribution in [1.82, 2.24) is 0 Å². The van der Waals surface area contributed by atoms with Crippen molar-refractivity contribution in [3.63, 3.8) is 0 Å². The Morgan fingerprint density at radius 1 is 1.14 bits per heavy atom. The molecule has 0 radical (unpaired) electrons. The summed E-state index contributed by atoms with van der Waals surface area (Å²) in [5.41, 5.74) is -0.494. The van der Waals surface area contributed by atoms with Gasteiger partial charge in [0, 0.05) is 0 Å². The first-order chi connectivity index (χ1) is 10.5. The van der Waals surface area contributed by atoms with E-state index in [2.05, 4.69) is 0 Å². The zero-order valence-electron chi connectivity index (χ0n) is 11.9. The van der Waals surface area contributed by atoms with Crippen molar-refractivity contribution in [2.45, 2.75) is 25.6 Å². The molecule has 1 unspecified atom stereocenters. The fraction of sp³-hybridized carbons (Fsp3) is 0.235. The van der Waals surface area contributed by atoms with Gasteiger partial charge < -0.3 is 4.74 Å². The number of hydrogen-bond donors (Lipinski definition) is 0. The lowest BCUT2D eigenvalue weighted by Crippen LogP contribution is -2.10. The van der Waals surface area contributed by atoms with Crippen LogP contribution in [0.15, 0.2) is 48.5 Å². The minimum absolute atomic E-state index is 0.0991. The smallest absolute Gasteiger partial charge is 0.417 e. The number of ether oxygens (including phenoxy) is 1. The highest BCUT2D eigenvalue weighted by molar-refractivity contribution is 5.44. The van der Waals surface area contributed by atoms with Gasteiger partial charge in [-0.1, -0.05) is 37.3 Å². The molecule has 2 aromatic carbocycles. The zero-order chi connectivity index (χ0) is 16.2. The fourth-order valence-corrected chi connectivity index (χ4v) is 2.15. The lowest BCUT2D eigenvalue weighted by molar-refractivity contribution is -0.137. The molecule has 0 aliphatic heterocycles. The first-order valence-electron chi connectivity index (χ1n) is 6.78. The van der Waals surface area contributed by atoms with E-state index < -0.39 is 17.3 Å². The lowest BCUT2D eigenvalue weighted by atomic mass is 10.1. The van der Waals surface area contributed by atoms with Crippen molar-refractivity contribution in [1.29, 1.82) is 5.26 Å². The number of rotatable bonds is 4. The molecule has 0 aromatic heterocycles. The molecular weight excluding hydrogens is 291 g/mol. The Balaban J connectivity index is 2.32. The summed E-state index contributed by atoms with van der Waals surface area (Å²) in [6.07, 6.45) is -4.31. The van der Waals surface area contributed by atoms with Crippen molar-refractivity contribution < 1.29 is 17.9 Å². The molecular formula is C17H14F3NO. The standard InChI is InChI=1S/C17H14F3NO/c1-2-16(12-6-4-3-5-7-12)22-14-9-8-13(11-21)15(10-14)17(18,19)20/h3-10,16H,2H2,1H3. The van der Waals surface area contributed by atoms with Gasteiger partial charge in [-0.2, -0.15) is 18.4 Å². The van der Waals surface area contributed by atoms with Crippen LogP contribution in [0.2, 0.25) is 0 Å². The fourth-order valence-electron chi connectivity index (χ4n) is 2.15. The molecule has 22 heavy (non-hydrogen) atoms. The van der Waals surface area contributed by atoms with E-state index in [0.717, 1.165) is 17.7 Å². The van der Waals surface area contributed by atoms with Crippen molar-refractivity contribution in [2.75, 3.05) is 0 Å². The van der Waals surface area contributed by atoms with Gasteiger partial charge in [-0.3, -0.25) is 0 Å². The van der Waals surface area contributed by atoms with Gasteiger partial charge in [-0.15, -0.1) is 0 Å². The zero-order valence-corrected chi connectivity index (χ0v) is 11.9. The highest BCUT2D eigenvalue weighted by Gasteiger charge is 2.34. The molecule has 0 N–H and O–H groups in total. The SMILES string of the molecule is CCC(Oc1ccc(C#N)c(C(F)(F)F)c1)c1ccccc1. The Morgan fingerprint density at radius 3 is 2.36 bits per heavy atom. The maximum absolute atomic E-state index is 13.0. The van der Waals surface area contributed by atoms with Crippen molar-refractivity contribution in [3.05, 3.63) is 65.2 Å². The topological polar surface area (TPSA) is 33.0 Å². The maximum atomic E-state index is 13.0. The van der Waals surface area contributed by atoms with Crippen LogP contribution in [0.3, 0.4) is 0 Å². The number of benzene rings is 2. The van der Waals surface area contributed by atoms with E-state index in [-0.39, 0.29) is 11.9 Å². The number of hydrogen-bond acceptors (Lipinski definition) is 2. The van der Waals surface area contributed by atoms with Gasteiger partial charge >= 0.3 is 6.18 Å². The molecule has 0 bridgehead atoms. The van der Waals surface area contributed by atoms with Crippen molar-refractivity contribution >= 4 is 0 Å². The largest absolute Gasteiger partial charge is 0.486 e. The van der Waals surface area contributed by atoms with Gasteiger partial charge in [0.15, 0.2) is 0 Å². The Bertz CT molecular complexity index is 675. The highest BCUT2D eigenvalue weighted by Crippen LogP contribution is 2.35. The average Bonchev–Trinajstić information content (AvgIpc) is 2.52. The Kier molecular flexibility index (Phi) is 4.71. The second kappa shape index (κ2) is 6.52. The van der Waals surface area contributed by atoms with E-state index in [1.54, 1.807) is 6.07 Å². The summed E-state index contributed by atoms with van der Waals surface area (Å²) in [7, 11) is 0. The number of nitrogens with zero attached hydrogens (tertiary/aromatic N) is 1. The molecule has 2 aromatic rings. The Morgan fingerprint density at radius 2 is 1.82 bits per heavy atom. The molecule has 1 atom stereocenters. The molecule has 0 saturated carbocycles. The highest BCUT2D eigenvalue weighted by atomic mass is 19.4. The molecule has 0 spiro atoms. The van der Waals surface area contributed by atoms with E-state index in [1.807, 2.05) is 37.3 Å². The molecule has 2 nitrogen and oxygen atoms in total. The summed E-state index contributed by atoms with van der Waals surface area (Å²) in [6, 6.07) is 14.2. The quantitative estimate of drug-likeness (QED) is 0.786. The van der Waals surface area contributed by atoms with Gasteiger partial charge in [-0.05, 0) is 30.2 Å². The first-order valence-corrected chi connectivity index (χ1v) is 6.78. The second-order valence-electron chi connectivity index (χ2n) is 4.74. The molecule has 0 fully saturated rings. The maximum Gasteiger partial charge on any atom is 0.417 e. The molecule has 114 valence electrons. The first kappa shape index (κ1) is 15.9. The average molecular weight is 305 g/mol. The van der Waals surface area contributed by atoms with Crippen LogP contribution in [0.25, 0.3) is 0 Å². The van der Waals surface area contributed by atoms with Crippen LogP contribution >= 0.6 is 0 Å². The Labute approximate surface area is 126 Å². The van der Waals surface area contributed by atoms with Gasteiger partial charge in [-0.25, -0.2) is 0 Å². The molecule has 0 amide bonds. The van der Waals surface area contributed by atoms with Crippen molar-refractivity contribution in [3.8, 4) is 11.8 Å². The molecule has 0 heterocycles. The monoisotopic (exact) mass is 305 g/mol. The molecule has 5 heteroatoms. The molecule has 2 rings (SSSR count). The van der Waals surface area contributed by atoms with Crippen molar-refractivity contribution in [2.24, 2.45) is 0 Å². The predicted molar refractivity (Wildman–Crippen MR) is 76.3 cm³/mol. The van der Waals surface area contributed by atoms with Gasteiger partial charge in [0.2, 0.25) is 0 Å². The summed E-state index contributed by atoms with van der Waals surface area (Å²) < 4.78 is 44.5. The van der Waals surface area contributed by atoms with Crippen LogP contribution in [-0.4, -0.2) is 0 Å². The second-order valence-corrected chi connectivity index (χ2v) is 4.74. The molecule has 0 saturated heterocycles. The van der Waals surface area contributed by atoms with Crippen LogP contribution < -0.4 is 4.74 Å². The van der Waals surface area contributed by atoms with Crippen LogP contribution in [0.1, 0.15) is 36.1 Å². The minimum atomic E-state index is -4.58. The molecule has 0 aliphatic rings. The number of halogens is 3. The van der Waals surface area contributed by atoms with Gasteiger partial charge in [0.25, 0.3) is 0 Å². The third-order valence-corrected chi connectivity index (χ3v) is 3.24. The van der Waals surface area contributed by atoms with E-state index in [4.69, 9.17) is 10.00 Å². The Hall–Kier alpha value is -2.48. The number of alkyl halides is 3. The normalized spacial score (nSPS) is 12.5.